The first-order chi connectivity index (χ1) is 8.58. The fourth-order valence-corrected chi connectivity index (χ4v) is 2.01. The molecule has 0 unspecified atom stereocenters. The second-order valence-corrected chi connectivity index (χ2v) is 4.62. The van der Waals surface area contributed by atoms with Crippen molar-refractivity contribution >= 4 is 34.4 Å². The molecule has 18 heavy (non-hydrogen) atoms. The number of aromatic nitrogens is 2. The average molecular weight is 330 g/mol. The van der Waals surface area contributed by atoms with E-state index in [-0.39, 0.29) is 12.3 Å². The standard InChI is InChI=1S/C10H8BrN3O3S/c11-8-2-1-3-9(14(15)16)7(8)6-17-10-4-5-13(18)12-10/h1-5,18H,6H2. The number of halogens is 1. The van der Waals surface area contributed by atoms with Crippen LogP contribution in [-0.4, -0.2) is 14.1 Å². The van der Waals surface area contributed by atoms with Crippen molar-refractivity contribution in [2.24, 2.45) is 0 Å². The molecule has 1 aromatic carbocycles. The van der Waals surface area contributed by atoms with E-state index < -0.39 is 4.92 Å². The molecule has 8 heteroatoms. The summed E-state index contributed by atoms with van der Waals surface area (Å²) in [7, 11) is 0. The van der Waals surface area contributed by atoms with Gasteiger partial charge in [-0.1, -0.05) is 22.0 Å². The molecule has 0 saturated heterocycles. The number of rotatable bonds is 4. The van der Waals surface area contributed by atoms with Gasteiger partial charge in [0.1, 0.15) is 6.61 Å². The zero-order chi connectivity index (χ0) is 13.1. The van der Waals surface area contributed by atoms with Crippen LogP contribution in [0.4, 0.5) is 5.69 Å². The Hall–Kier alpha value is -1.54. The molecule has 0 bridgehead atoms. The Morgan fingerprint density at radius 2 is 2.28 bits per heavy atom. The lowest BCUT2D eigenvalue weighted by Crippen LogP contribution is -2.02. The molecule has 0 aliphatic heterocycles. The number of nitro benzene ring substituents is 1. The van der Waals surface area contributed by atoms with Crippen molar-refractivity contribution in [1.29, 1.82) is 0 Å². The van der Waals surface area contributed by atoms with Crippen LogP contribution >= 0.6 is 28.7 Å². The minimum atomic E-state index is -0.444. The Bertz CT molecular complexity index is 587. The van der Waals surface area contributed by atoms with Crippen LogP contribution in [0.3, 0.4) is 0 Å². The molecule has 0 aliphatic rings. The highest BCUT2D eigenvalue weighted by molar-refractivity contribution is 9.10. The van der Waals surface area contributed by atoms with Crippen LogP contribution in [0.1, 0.15) is 5.56 Å². The summed E-state index contributed by atoms with van der Waals surface area (Å²) in [5.41, 5.74) is 0.478. The van der Waals surface area contributed by atoms with Gasteiger partial charge in [0, 0.05) is 22.8 Å². The summed E-state index contributed by atoms with van der Waals surface area (Å²) >= 11 is 7.24. The smallest absolute Gasteiger partial charge is 0.277 e. The maximum atomic E-state index is 10.9. The summed E-state index contributed by atoms with van der Waals surface area (Å²) < 4.78 is 7.29. The van der Waals surface area contributed by atoms with Crippen molar-refractivity contribution in [1.82, 2.24) is 9.19 Å². The third-order valence-electron chi connectivity index (χ3n) is 2.21. The Balaban J connectivity index is 2.20. The number of nitro groups is 1. The zero-order valence-corrected chi connectivity index (χ0v) is 11.5. The quantitative estimate of drug-likeness (QED) is 0.532. The minimum Gasteiger partial charge on any atom is -0.471 e. The highest BCUT2D eigenvalue weighted by Crippen LogP contribution is 2.27. The molecule has 0 N–H and O–H groups in total. The molecule has 1 heterocycles. The molecule has 0 saturated carbocycles. The topological polar surface area (TPSA) is 70.2 Å². The van der Waals surface area contributed by atoms with Gasteiger partial charge in [0.25, 0.3) is 5.69 Å². The van der Waals surface area contributed by atoms with Gasteiger partial charge >= 0.3 is 0 Å². The summed E-state index contributed by atoms with van der Waals surface area (Å²) in [5.74, 6) is 0.357. The van der Waals surface area contributed by atoms with Gasteiger partial charge in [-0.15, -0.1) is 5.10 Å². The number of ether oxygens (including phenoxy) is 1. The lowest BCUT2D eigenvalue weighted by Gasteiger charge is -2.06. The summed E-state index contributed by atoms with van der Waals surface area (Å²) in [5, 5.41) is 14.8. The van der Waals surface area contributed by atoms with Crippen LogP contribution < -0.4 is 4.74 Å². The van der Waals surface area contributed by atoms with E-state index in [2.05, 4.69) is 33.8 Å². The van der Waals surface area contributed by atoms with E-state index >= 15 is 0 Å². The molecule has 1 aromatic heterocycles. The van der Waals surface area contributed by atoms with Gasteiger partial charge in [0.2, 0.25) is 5.88 Å². The summed E-state index contributed by atoms with van der Waals surface area (Å²) in [6, 6.07) is 6.38. The van der Waals surface area contributed by atoms with E-state index in [4.69, 9.17) is 4.74 Å². The second-order valence-electron chi connectivity index (χ2n) is 3.36. The molecule has 2 rings (SSSR count). The SMILES string of the molecule is O=[N+]([O-])c1cccc(Br)c1COc1ccn(S)n1. The summed E-state index contributed by atoms with van der Waals surface area (Å²) in [6.45, 7) is 0.0581. The highest BCUT2D eigenvalue weighted by Gasteiger charge is 2.17. The van der Waals surface area contributed by atoms with Crippen molar-refractivity contribution in [3.63, 3.8) is 0 Å². The van der Waals surface area contributed by atoms with Gasteiger partial charge in [0.05, 0.1) is 10.5 Å². The predicted octanol–water partition coefficient (Wildman–Crippen LogP) is 2.83. The van der Waals surface area contributed by atoms with Crippen molar-refractivity contribution in [3.05, 3.63) is 50.6 Å². The first kappa shape index (κ1) is 12.9. The molecule has 2 aromatic rings. The fraction of sp³-hybridized carbons (Fsp3) is 0.100. The third-order valence-corrected chi connectivity index (χ3v) is 3.17. The van der Waals surface area contributed by atoms with Gasteiger partial charge in [-0.25, -0.2) is 4.09 Å². The molecule has 0 aliphatic carbocycles. The molecule has 94 valence electrons. The van der Waals surface area contributed by atoms with Crippen molar-refractivity contribution in [2.45, 2.75) is 6.61 Å². The third kappa shape index (κ3) is 2.82. The van der Waals surface area contributed by atoms with Crippen LogP contribution in [-0.2, 0) is 6.61 Å². The maximum absolute atomic E-state index is 10.9. The normalized spacial score (nSPS) is 10.3. The van der Waals surface area contributed by atoms with Gasteiger partial charge in [-0.2, -0.15) is 0 Å². The molecular formula is C10H8BrN3O3S. The Morgan fingerprint density at radius 1 is 1.50 bits per heavy atom. The average Bonchev–Trinajstić information content (AvgIpc) is 2.73. The van der Waals surface area contributed by atoms with E-state index in [1.807, 2.05) is 0 Å². The number of nitrogens with zero attached hydrogens (tertiary/aromatic N) is 3. The van der Waals surface area contributed by atoms with Gasteiger partial charge < -0.3 is 4.74 Å². The largest absolute Gasteiger partial charge is 0.471 e. The highest BCUT2D eigenvalue weighted by atomic mass is 79.9. The molecule has 6 nitrogen and oxygen atoms in total. The van der Waals surface area contributed by atoms with Crippen LogP contribution in [0.25, 0.3) is 0 Å². The van der Waals surface area contributed by atoms with Crippen molar-refractivity contribution in [3.8, 4) is 5.88 Å². The van der Waals surface area contributed by atoms with Crippen molar-refractivity contribution in [2.75, 3.05) is 0 Å². The Kier molecular flexibility index (Phi) is 3.87. The second kappa shape index (κ2) is 5.40. The first-order valence-electron chi connectivity index (χ1n) is 4.87. The molecule has 0 amide bonds. The first-order valence-corrected chi connectivity index (χ1v) is 6.06. The maximum Gasteiger partial charge on any atom is 0.277 e. The van der Waals surface area contributed by atoms with Crippen LogP contribution in [0.15, 0.2) is 34.9 Å². The van der Waals surface area contributed by atoms with E-state index in [1.165, 1.54) is 10.2 Å². The van der Waals surface area contributed by atoms with Gasteiger partial charge in [-0.05, 0) is 18.9 Å². The van der Waals surface area contributed by atoms with E-state index in [0.29, 0.717) is 15.9 Å². The van der Waals surface area contributed by atoms with Gasteiger partial charge in [0.15, 0.2) is 0 Å². The molecular weight excluding hydrogens is 322 g/mol. The zero-order valence-electron chi connectivity index (χ0n) is 8.99. The Morgan fingerprint density at radius 3 is 2.89 bits per heavy atom. The van der Waals surface area contributed by atoms with Crippen LogP contribution in [0.2, 0.25) is 0 Å². The van der Waals surface area contributed by atoms with Crippen LogP contribution in [0, 0.1) is 10.1 Å². The van der Waals surface area contributed by atoms with E-state index in [0.717, 1.165) is 0 Å². The minimum absolute atomic E-state index is 0.00896. The summed E-state index contributed by atoms with van der Waals surface area (Å²) in [6.07, 6.45) is 1.60. The lowest BCUT2D eigenvalue weighted by atomic mass is 10.2. The van der Waals surface area contributed by atoms with Gasteiger partial charge in [-0.3, -0.25) is 10.1 Å². The molecule has 0 radical (unpaired) electrons. The van der Waals surface area contributed by atoms with E-state index in [9.17, 15) is 10.1 Å². The lowest BCUT2D eigenvalue weighted by molar-refractivity contribution is -0.385. The molecule has 0 fully saturated rings. The van der Waals surface area contributed by atoms with Crippen LogP contribution in [0.5, 0.6) is 5.88 Å². The van der Waals surface area contributed by atoms with E-state index in [1.54, 1.807) is 24.4 Å². The summed E-state index contributed by atoms with van der Waals surface area (Å²) in [4.78, 5) is 10.4. The van der Waals surface area contributed by atoms with Crippen molar-refractivity contribution < 1.29 is 9.66 Å². The predicted molar refractivity (Wildman–Crippen MR) is 71.7 cm³/mol. The molecule has 0 atom stereocenters. The Labute approximate surface area is 116 Å². The molecule has 0 spiro atoms. The number of thiol groups is 1. The fourth-order valence-electron chi connectivity index (χ4n) is 1.38. The number of benzene rings is 1. The number of hydrogen-bond acceptors (Lipinski definition) is 5. The monoisotopic (exact) mass is 329 g/mol. The number of hydrogen-bond donors (Lipinski definition) is 1.